The van der Waals surface area contributed by atoms with Crippen LogP contribution in [0.1, 0.15) is 20.8 Å². The lowest BCUT2D eigenvalue weighted by atomic mass is 9.89. The first kappa shape index (κ1) is 5.61. The molecule has 0 heteroatoms. The van der Waals surface area contributed by atoms with Crippen LogP contribution in [-0.4, -0.2) is 0 Å². The van der Waals surface area contributed by atoms with Gasteiger partial charge in [0.25, 0.3) is 0 Å². The van der Waals surface area contributed by atoms with Crippen molar-refractivity contribution in [1.29, 1.82) is 0 Å². The van der Waals surface area contributed by atoms with Gasteiger partial charge in [-0.25, -0.2) is 0 Å². The second-order valence-corrected chi connectivity index (χ2v) is 2.82. The Labute approximate surface area is 50.9 Å². The third-order valence-corrected chi connectivity index (χ3v) is 1.77. The van der Waals surface area contributed by atoms with Crippen LogP contribution in [0.15, 0.2) is 17.7 Å². The molecule has 0 N–H and O–H groups in total. The van der Waals surface area contributed by atoms with Gasteiger partial charge in [-0.05, 0) is 13.0 Å². The van der Waals surface area contributed by atoms with Crippen molar-refractivity contribution in [2.75, 3.05) is 0 Å². The van der Waals surface area contributed by atoms with E-state index in [0.717, 1.165) is 0 Å². The molecular formula is C8H11. The Hall–Kier alpha value is -0.520. The lowest BCUT2D eigenvalue weighted by Gasteiger charge is -2.15. The van der Waals surface area contributed by atoms with Crippen LogP contribution >= 0.6 is 0 Å². The van der Waals surface area contributed by atoms with Gasteiger partial charge in [0, 0.05) is 5.41 Å². The van der Waals surface area contributed by atoms with Gasteiger partial charge >= 0.3 is 0 Å². The fourth-order valence-corrected chi connectivity index (χ4v) is 0.686. The van der Waals surface area contributed by atoms with Gasteiger partial charge in [0.05, 0.1) is 0 Å². The smallest absolute Gasteiger partial charge is 0.00440 e. The van der Waals surface area contributed by atoms with E-state index in [1.54, 1.807) is 0 Å². The average Bonchev–Trinajstić information content (AvgIpc) is 1.86. The zero-order chi connectivity index (χ0) is 6.20. The van der Waals surface area contributed by atoms with E-state index in [1.807, 2.05) is 6.08 Å². The Morgan fingerprint density at radius 3 is 2.25 bits per heavy atom. The highest BCUT2D eigenvalue weighted by molar-refractivity contribution is 5.25. The summed E-state index contributed by atoms with van der Waals surface area (Å²) in [4.78, 5) is 0. The van der Waals surface area contributed by atoms with E-state index in [2.05, 4.69) is 32.9 Å². The minimum atomic E-state index is 0.278. The molecule has 1 aliphatic carbocycles. The molecule has 0 aromatic heterocycles. The van der Waals surface area contributed by atoms with E-state index < -0.39 is 0 Å². The summed E-state index contributed by atoms with van der Waals surface area (Å²) in [6.07, 6.45) is 7.31. The summed E-state index contributed by atoms with van der Waals surface area (Å²) >= 11 is 0. The molecule has 0 aromatic carbocycles. The van der Waals surface area contributed by atoms with Gasteiger partial charge in [0.1, 0.15) is 0 Å². The molecule has 0 nitrogen and oxygen atoms in total. The molecule has 0 bridgehead atoms. The third-order valence-electron chi connectivity index (χ3n) is 1.77. The normalized spacial score (nSPS) is 23.6. The van der Waals surface area contributed by atoms with E-state index in [9.17, 15) is 0 Å². The van der Waals surface area contributed by atoms with Crippen molar-refractivity contribution >= 4 is 0 Å². The van der Waals surface area contributed by atoms with E-state index in [4.69, 9.17) is 0 Å². The maximum absolute atomic E-state index is 3.15. The van der Waals surface area contributed by atoms with Gasteiger partial charge in [-0.2, -0.15) is 0 Å². The lowest BCUT2D eigenvalue weighted by molar-refractivity contribution is 0.590. The molecule has 1 aliphatic rings. The van der Waals surface area contributed by atoms with Crippen molar-refractivity contribution in [3.8, 4) is 0 Å². The molecular weight excluding hydrogens is 96.1 g/mol. The van der Waals surface area contributed by atoms with E-state index in [0.29, 0.717) is 0 Å². The van der Waals surface area contributed by atoms with Crippen molar-refractivity contribution in [1.82, 2.24) is 0 Å². The van der Waals surface area contributed by atoms with Crippen LogP contribution in [-0.2, 0) is 0 Å². The average molecular weight is 107 g/mol. The van der Waals surface area contributed by atoms with Gasteiger partial charge in [-0.15, -0.1) is 0 Å². The molecule has 0 aliphatic heterocycles. The van der Waals surface area contributed by atoms with Gasteiger partial charge in [-0.1, -0.05) is 31.6 Å². The Balaban J connectivity index is 2.87. The van der Waals surface area contributed by atoms with Gasteiger partial charge < -0.3 is 0 Å². The Morgan fingerprint density at radius 1 is 1.50 bits per heavy atom. The highest BCUT2D eigenvalue weighted by Crippen LogP contribution is 2.30. The maximum Gasteiger partial charge on any atom is 0.00440 e. The first-order valence-corrected chi connectivity index (χ1v) is 2.91. The summed E-state index contributed by atoms with van der Waals surface area (Å²) in [7, 11) is 0. The van der Waals surface area contributed by atoms with Crippen molar-refractivity contribution in [3.63, 3.8) is 0 Å². The fraction of sp³-hybridized carbons (Fsp3) is 0.500. The highest BCUT2D eigenvalue weighted by Gasteiger charge is 2.18. The molecule has 1 rings (SSSR count). The van der Waals surface area contributed by atoms with Crippen molar-refractivity contribution in [2.24, 2.45) is 5.41 Å². The zero-order valence-electron chi connectivity index (χ0n) is 5.65. The number of allylic oxidation sites excluding steroid dienone is 4. The SMILES string of the molecule is CC1=[C]C=CC1(C)C. The van der Waals surface area contributed by atoms with E-state index in [-0.39, 0.29) is 5.41 Å². The monoisotopic (exact) mass is 107 g/mol. The van der Waals surface area contributed by atoms with E-state index in [1.165, 1.54) is 5.57 Å². The topological polar surface area (TPSA) is 0 Å². The number of hydrogen-bond acceptors (Lipinski definition) is 0. The number of rotatable bonds is 0. The van der Waals surface area contributed by atoms with Crippen LogP contribution < -0.4 is 0 Å². The maximum atomic E-state index is 3.15. The minimum Gasteiger partial charge on any atom is -0.0742 e. The molecule has 0 aromatic rings. The van der Waals surface area contributed by atoms with Crippen LogP contribution in [0.25, 0.3) is 0 Å². The molecule has 0 fully saturated rings. The largest absolute Gasteiger partial charge is 0.0742 e. The quantitative estimate of drug-likeness (QED) is 0.445. The lowest BCUT2D eigenvalue weighted by Crippen LogP contribution is -2.04. The first-order valence-electron chi connectivity index (χ1n) is 2.91. The van der Waals surface area contributed by atoms with Gasteiger partial charge in [-0.3, -0.25) is 0 Å². The summed E-state index contributed by atoms with van der Waals surface area (Å²) in [6.45, 7) is 6.50. The van der Waals surface area contributed by atoms with Gasteiger partial charge in [0.2, 0.25) is 0 Å². The zero-order valence-corrected chi connectivity index (χ0v) is 5.65. The molecule has 0 atom stereocenters. The summed E-state index contributed by atoms with van der Waals surface area (Å²) < 4.78 is 0. The van der Waals surface area contributed by atoms with Crippen molar-refractivity contribution in [3.05, 3.63) is 23.8 Å². The predicted molar refractivity (Wildman–Crippen MR) is 35.4 cm³/mol. The highest BCUT2D eigenvalue weighted by atomic mass is 14.2. The van der Waals surface area contributed by atoms with Crippen LogP contribution in [0.4, 0.5) is 0 Å². The van der Waals surface area contributed by atoms with Crippen LogP contribution in [0.5, 0.6) is 0 Å². The van der Waals surface area contributed by atoms with Crippen molar-refractivity contribution < 1.29 is 0 Å². The molecule has 0 spiro atoms. The summed E-state index contributed by atoms with van der Waals surface area (Å²) in [5, 5.41) is 0. The predicted octanol–water partition coefficient (Wildman–Crippen LogP) is 2.33. The molecule has 43 valence electrons. The van der Waals surface area contributed by atoms with E-state index >= 15 is 0 Å². The van der Waals surface area contributed by atoms with Crippen LogP contribution in [0, 0.1) is 11.5 Å². The molecule has 0 saturated heterocycles. The second-order valence-electron chi connectivity index (χ2n) is 2.82. The Morgan fingerprint density at radius 2 is 2.12 bits per heavy atom. The minimum absolute atomic E-state index is 0.278. The molecule has 0 amide bonds. The second kappa shape index (κ2) is 1.48. The third kappa shape index (κ3) is 0.706. The number of hydrogen-bond donors (Lipinski definition) is 0. The Bertz CT molecular complexity index is 147. The van der Waals surface area contributed by atoms with Crippen LogP contribution in [0.3, 0.4) is 0 Å². The summed E-state index contributed by atoms with van der Waals surface area (Å²) in [5.41, 5.74) is 1.61. The standard InChI is InChI=1S/C8H11/c1-7-5-4-6-8(7,2)3/h4,6H,1-3H3. The Kier molecular flexibility index (Phi) is 1.04. The molecule has 0 saturated carbocycles. The summed E-state index contributed by atoms with van der Waals surface area (Å²) in [5.74, 6) is 0. The fourth-order valence-electron chi connectivity index (χ4n) is 0.686. The van der Waals surface area contributed by atoms with Crippen LogP contribution in [0.2, 0.25) is 0 Å². The molecule has 1 radical (unpaired) electrons. The summed E-state index contributed by atoms with van der Waals surface area (Å²) in [6, 6.07) is 0. The molecule has 0 unspecified atom stereocenters. The van der Waals surface area contributed by atoms with Crippen molar-refractivity contribution in [2.45, 2.75) is 20.8 Å². The van der Waals surface area contributed by atoms with Gasteiger partial charge in [0.15, 0.2) is 0 Å². The molecule has 0 heterocycles. The first-order chi connectivity index (χ1) is 3.63. The molecule has 8 heavy (non-hydrogen) atoms.